The normalized spacial score (nSPS) is 12.5. The Kier molecular flexibility index (Phi) is 10.5. The Bertz CT molecular complexity index is 1000. The lowest BCUT2D eigenvalue weighted by atomic mass is 10.2. The Labute approximate surface area is 201 Å². The average Bonchev–Trinajstić information content (AvgIpc) is 2.82. The number of hydrogen-bond donors (Lipinski definition) is 0. The molecule has 3 aromatic rings. The van der Waals surface area contributed by atoms with Crippen LogP contribution in [0.15, 0.2) is 77.3 Å². The molecule has 33 heavy (non-hydrogen) atoms. The van der Waals surface area contributed by atoms with Crippen LogP contribution in [0.1, 0.15) is 30.0 Å². The van der Waals surface area contributed by atoms with Gasteiger partial charge in [0.1, 0.15) is 17.2 Å². The highest BCUT2D eigenvalue weighted by molar-refractivity contribution is 7.60. The van der Waals surface area contributed by atoms with E-state index in [1.807, 2.05) is 93.6 Å². The zero-order valence-electron chi connectivity index (χ0n) is 19.3. The summed E-state index contributed by atoms with van der Waals surface area (Å²) < 4.78 is 24.4. The summed E-state index contributed by atoms with van der Waals surface area (Å²) in [6.07, 6.45) is 0.858. The van der Waals surface area contributed by atoms with E-state index in [1.54, 1.807) is 4.60 Å². The second-order valence-corrected chi connectivity index (χ2v) is 10.6. The van der Waals surface area contributed by atoms with Crippen molar-refractivity contribution in [2.75, 3.05) is 6.61 Å². The molecule has 3 aromatic carbocycles. The van der Waals surface area contributed by atoms with Gasteiger partial charge in [0.05, 0.1) is 6.61 Å². The second-order valence-electron chi connectivity index (χ2n) is 7.35. The predicted molar refractivity (Wildman–Crippen MR) is 138 cm³/mol. The van der Waals surface area contributed by atoms with Crippen LogP contribution in [0.2, 0.25) is 0 Å². The molecule has 2 unspecified atom stereocenters. The van der Waals surface area contributed by atoms with Crippen LogP contribution in [-0.4, -0.2) is 11.2 Å². The monoisotopic (exact) mass is 502 g/mol. The van der Waals surface area contributed by atoms with E-state index in [-0.39, 0.29) is 8.96 Å². The maximum atomic E-state index is 6.23. The summed E-state index contributed by atoms with van der Waals surface area (Å²) in [7, 11) is -1.24. The summed E-state index contributed by atoms with van der Waals surface area (Å²) in [4.78, 5) is 5.98. The maximum absolute atomic E-state index is 6.23. The molecule has 0 saturated heterocycles. The Morgan fingerprint density at radius 1 is 0.788 bits per heavy atom. The van der Waals surface area contributed by atoms with Crippen LogP contribution >= 0.6 is 26.0 Å². The zero-order chi connectivity index (χ0) is 23.5. The molecule has 9 heteroatoms. The first-order valence-corrected chi connectivity index (χ1v) is 13.4. The van der Waals surface area contributed by atoms with Crippen LogP contribution in [0.4, 0.5) is 0 Å². The Balaban J connectivity index is 1.76. The average molecular weight is 502 g/mol. The molecule has 0 aliphatic heterocycles. The van der Waals surface area contributed by atoms with Gasteiger partial charge in [-0.1, -0.05) is 64.6 Å². The molecule has 0 saturated carbocycles. The third-order valence-corrected chi connectivity index (χ3v) is 7.69. The van der Waals surface area contributed by atoms with E-state index in [4.69, 9.17) is 18.4 Å². The van der Waals surface area contributed by atoms with Crippen LogP contribution in [0.25, 0.3) is 0 Å². The van der Waals surface area contributed by atoms with Crippen molar-refractivity contribution in [3.8, 4) is 17.2 Å². The van der Waals surface area contributed by atoms with Gasteiger partial charge < -0.3 is 13.6 Å². The number of rotatable bonds is 12. The lowest BCUT2D eigenvalue weighted by Gasteiger charge is -2.25. The van der Waals surface area contributed by atoms with E-state index >= 15 is 0 Å². The van der Waals surface area contributed by atoms with Crippen LogP contribution < -0.4 is 13.6 Å². The van der Waals surface area contributed by atoms with Gasteiger partial charge in [0.2, 0.25) is 0 Å². The van der Waals surface area contributed by atoms with Crippen molar-refractivity contribution in [1.82, 2.24) is 4.60 Å². The molecule has 0 aliphatic carbocycles. The fourth-order valence-corrected chi connectivity index (χ4v) is 5.43. The largest absolute Gasteiger partial charge is 0.458 e. The molecule has 0 radical (unpaired) electrons. The van der Waals surface area contributed by atoms with Crippen molar-refractivity contribution >= 4 is 26.0 Å². The van der Waals surface area contributed by atoms with Gasteiger partial charge in [-0.3, -0.25) is 4.84 Å². The van der Waals surface area contributed by atoms with Crippen molar-refractivity contribution < 1.29 is 18.4 Å². The first kappa shape index (κ1) is 25.6. The topological polar surface area (TPSA) is 52.5 Å². The van der Waals surface area contributed by atoms with Crippen molar-refractivity contribution in [2.24, 2.45) is 4.52 Å². The van der Waals surface area contributed by atoms with E-state index in [0.29, 0.717) is 21.0 Å². The van der Waals surface area contributed by atoms with Crippen LogP contribution in [-0.2, 0) is 4.84 Å². The standard InChI is InChI=1S/C24H29N2O4P3/c1-5-18-27-26(32-29-23-14-8-20(3)9-15-23)33(30-24-16-10-21(4)11-17-24)25-31-28-22-12-6-19(2)7-13-22/h6-17,32H,5,18H2,1-4H3. The molecule has 0 aromatic heterocycles. The van der Waals surface area contributed by atoms with Gasteiger partial charge in [-0.05, 0) is 63.6 Å². The van der Waals surface area contributed by atoms with Crippen LogP contribution in [0.3, 0.4) is 0 Å². The minimum absolute atomic E-state index is 0.126. The van der Waals surface area contributed by atoms with Gasteiger partial charge in [0, 0.05) is 0 Å². The third-order valence-electron chi connectivity index (χ3n) is 4.32. The molecule has 0 bridgehead atoms. The Morgan fingerprint density at radius 2 is 1.30 bits per heavy atom. The van der Waals surface area contributed by atoms with Crippen molar-refractivity contribution in [2.45, 2.75) is 34.1 Å². The quantitative estimate of drug-likeness (QED) is 0.183. The van der Waals surface area contributed by atoms with Crippen LogP contribution in [0.5, 0.6) is 17.2 Å². The lowest BCUT2D eigenvalue weighted by Crippen LogP contribution is -2.13. The molecule has 0 N–H and O–H groups in total. The van der Waals surface area contributed by atoms with E-state index in [9.17, 15) is 0 Å². The molecule has 0 amide bonds. The minimum atomic E-state index is -1.54. The molecule has 6 nitrogen and oxygen atoms in total. The summed E-state index contributed by atoms with van der Waals surface area (Å²) >= 11 is 0. The first-order chi connectivity index (χ1) is 16.0. The van der Waals surface area contributed by atoms with E-state index in [2.05, 4.69) is 11.4 Å². The molecule has 0 spiro atoms. The number of benzene rings is 3. The first-order valence-electron chi connectivity index (χ1n) is 10.6. The predicted octanol–water partition coefficient (Wildman–Crippen LogP) is 8.57. The number of hydrogen-bond acceptors (Lipinski definition) is 6. The van der Waals surface area contributed by atoms with E-state index in [0.717, 1.165) is 23.5 Å². The Morgan fingerprint density at radius 3 is 1.85 bits per heavy atom. The SMILES string of the molecule is CCCON(POc1ccc(C)cc1)P(N=POc1ccc(C)cc1)Oc1ccc(C)cc1. The highest BCUT2D eigenvalue weighted by Crippen LogP contribution is 2.52. The van der Waals surface area contributed by atoms with Gasteiger partial charge in [0.15, 0.2) is 8.96 Å². The lowest BCUT2D eigenvalue weighted by molar-refractivity contribution is -0.0162. The van der Waals surface area contributed by atoms with Crippen molar-refractivity contribution in [3.05, 3.63) is 89.5 Å². The minimum Gasteiger partial charge on any atom is -0.458 e. The number of aryl methyl sites for hydroxylation is 3. The van der Waals surface area contributed by atoms with Gasteiger partial charge in [-0.15, -0.1) is 4.52 Å². The van der Waals surface area contributed by atoms with Gasteiger partial charge >= 0.3 is 8.45 Å². The summed E-state index contributed by atoms with van der Waals surface area (Å²) in [5.41, 5.74) is 3.51. The molecule has 0 heterocycles. The summed E-state index contributed by atoms with van der Waals surface area (Å²) in [6.45, 7) is 8.72. The molecular weight excluding hydrogens is 473 g/mol. The van der Waals surface area contributed by atoms with Gasteiger partial charge in [-0.2, -0.15) is 0 Å². The fraction of sp³-hybridized carbons (Fsp3) is 0.250. The maximum Gasteiger partial charge on any atom is 0.337 e. The molecule has 3 rings (SSSR count). The molecule has 0 fully saturated rings. The molecule has 2 atom stereocenters. The summed E-state index contributed by atoms with van der Waals surface area (Å²) in [5, 5.41) is 0. The molecule has 174 valence electrons. The van der Waals surface area contributed by atoms with Crippen molar-refractivity contribution in [3.63, 3.8) is 0 Å². The number of nitrogens with zero attached hydrogens (tertiary/aromatic N) is 2. The van der Waals surface area contributed by atoms with Crippen LogP contribution in [0, 0.1) is 20.8 Å². The smallest absolute Gasteiger partial charge is 0.337 e. The van der Waals surface area contributed by atoms with E-state index in [1.165, 1.54) is 11.1 Å². The molecule has 0 aliphatic rings. The summed E-state index contributed by atoms with van der Waals surface area (Å²) in [6, 6.07) is 23.6. The molecular formula is C24H29N2O4P3. The highest BCUT2D eigenvalue weighted by Gasteiger charge is 2.25. The summed E-state index contributed by atoms with van der Waals surface area (Å²) in [5.74, 6) is 2.23. The highest BCUT2D eigenvalue weighted by atomic mass is 31.2. The second kappa shape index (κ2) is 13.6. The third kappa shape index (κ3) is 9.01. The Hall–Kier alpha value is -2.06. The van der Waals surface area contributed by atoms with Gasteiger partial charge in [0.25, 0.3) is 8.60 Å². The fourth-order valence-electron chi connectivity index (χ4n) is 2.47. The zero-order valence-corrected chi connectivity index (χ0v) is 22.1. The van der Waals surface area contributed by atoms with E-state index < -0.39 is 8.45 Å². The van der Waals surface area contributed by atoms with Gasteiger partial charge in [-0.25, -0.2) is 0 Å². The van der Waals surface area contributed by atoms with Crippen molar-refractivity contribution in [1.29, 1.82) is 0 Å².